The molecule has 1 atom stereocenters. The maximum atomic E-state index is 8.69. The molecule has 66 valence electrons. The minimum Gasteiger partial charge on any atom is -0.471 e. The van der Waals surface area contributed by atoms with Gasteiger partial charge in [-0.1, -0.05) is 12.1 Å². The predicted octanol–water partition coefficient (Wildman–Crippen LogP) is 1.69. The van der Waals surface area contributed by atoms with Gasteiger partial charge in [0.15, 0.2) is 0 Å². The smallest absolute Gasteiger partial charge is 0.201 e. The first-order valence-electron chi connectivity index (χ1n) is 4.21. The summed E-state index contributed by atoms with van der Waals surface area (Å²) in [6.45, 7) is 2.53. The van der Waals surface area contributed by atoms with Gasteiger partial charge in [-0.15, -0.1) is 0 Å². The van der Waals surface area contributed by atoms with E-state index in [4.69, 9.17) is 10.00 Å². The number of benzene rings is 1. The zero-order chi connectivity index (χ0) is 9.26. The molecule has 0 aromatic heterocycles. The fraction of sp³-hybridized carbons (Fsp3) is 0.300. The molecule has 1 aliphatic heterocycles. The summed E-state index contributed by atoms with van der Waals surface area (Å²) in [4.78, 5) is 0. The van der Waals surface area contributed by atoms with Crippen molar-refractivity contribution in [2.45, 2.75) is 13.0 Å². The first-order chi connectivity index (χ1) is 6.31. The molecular weight excluding hydrogens is 164 g/mol. The summed E-state index contributed by atoms with van der Waals surface area (Å²) in [7, 11) is 0. The van der Waals surface area contributed by atoms with E-state index in [0.717, 1.165) is 17.0 Å². The lowest BCUT2D eigenvalue weighted by molar-refractivity contribution is 0.258. The summed E-state index contributed by atoms with van der Waals surface area (Å²) >= 11 is 0. The Morgan fingerprint density at radius 3 is 3.23 bits per heavy atom. The second-order valence-electron chi connectivity index (χ2n) is 3.07. The largest absolute Gasteiger partial charge is 0.471 e. The molecule has 1 aliphatic rings. The van der Waals surface area contributed by atoms with Gasteiger partial charge >= 0.3 is 0 Å². The van der Waals surface area contributed by atoms with Crippen molar-refractivity contribution in [3.8, 4) is 11.8 Å². The van der Waals surface area contributed by atoms with Crippen molar-refractivity contribution in [1.29, 1.82) is 5.26 Å². The average Bonchev–Trinajstić information content (AvgIpc) is 2.18. The van der Waals surface area contributed by atoms with Crippen LogP contribution in [0, 0.1) is 18.3 Å². The van der Waals surface area contributed by atoms with Gasteiger partial charge in [-0.05, 0) is 18.6 Å². The Morgan fingerprint density at radius 1 is 1.62 bits per heavy atom. The van der Waals surface area contributed by atoms with Gasteiger partial charge in [0, 0.05) is 0 Å². The standard InChI is InChI=1S/C10H10N2O/c1-7-3-2-4-9-10(7)13-8(5-11)6-12-9/h2-4,8,12H,6H2,1H3. The Labute approximate surface area is 76.9 Å². The Balaban J connectivity index is 2.39. The molecule has 3 nitrogen and oxygen atoms in total. The number of rotatable bonds is 0. The highest BCUT2D eigenvalue weighted by molar-refractivity contribution is 5.61. The van der Waals surface area contributed by atoms with Crippen molar-refractivity contribution >= 4 is 5.69 Å². The van der Waals surface area contributed by atoms with Crippen molar-refractivity contribution in [3.05, 3.63) is 23.8 Å². The van der Waals surface area contributed by atoms with E-state index in [1.54, 1.807) is 0 Å². The van der Waals surface area contributed by atoms with Gasteiger partial charge < -0.3 is 10.1 Å². The SMILES string of the molecule is Cc1cccc2c1OC(C#N)CN2. The number of para-hydroxylation sites is 1. The number of hydrogen-bond acceptors (Lipinski definition) is 3. The predicted molar refractivity (Wildman–Crippen MR) is 49.7 cm³/mol. The molecular formula is C10H10N2O. The molecule has 0 radical (unpaired) electrons. The monoisotopic (exact) mass is 174 g/mol. The topological polar surface area (TPSA) is 45.0 Å². The highest BCUT2D eigenvalue weighted by Gasteiger charge is 2.19. The maximum absolute atomic E-state index is 8.69. The summed E-state index contributed by atoms with van der Waals surface area (Å²) in [5.41, 5.74) is 2.04. The third-order valence-corrected chi connectivity index (χ3v) is 2.09. The molecule has 0 bridgehead atoms. The molecule has 1 unspecified atom stereocenters. The van der Waals surface area contributed by atoms with Crippen molar-refractivity contribution in [2.75, 3.05) is 11.9 Å². The normalized spacial score (nSPS) is 19.2. The molecule has 0 amide bonds. The van der Waals surface area contributed by atoms with Crippen molar-refractivity contribution in [3.63, 3.8) is 0 Å². The van der Waals surface area contributed by atoms with Crippen LogP contribution in [0.25, 0.3) is 0 Å². The van der Waals surface area contributed by atoms with E-state index >= 15 is 0 Å². The number of aryl methyl sites for hydroxylation is 1. The van der Waals surface area contributed by atoms with Crippen molar-refractivity contribution in [2.24, 2.45) is 0 Å². The van der Waals surface area contributed by atoms with Gasteiger partial charge in [-0.2, -0.15) is 5.26 Å². The van der Waals surface area contributed by atoms with Crippen LogP contribution in [0.15, 0.2) is 18.2 Å². The Hall–Kier alpha value is -1.69. The molecule has 0 saturated carbocycles. The third-order valence-electron chi connectivity index (χ3n) is 2.09. The molecule has 2 rings (SSSR count). The summed E-state index contributed by atoms with van der Waals surface area (Å²) in [5.74, 6) is 0.806. The van der Waals surface area contributed by atoms with Crippen LogP contribution in [0.1, 0.15) is 5.56 Å². The molecule has 0 aliphatic carbocycles. The first kappa shape index (κ1) is 7.93. The molecule has 3 heteroatoms. The summed E-state index contributed by atoms with van der Waals surface area (Å²) in [6, 6.07) is 7.98. The van der Waals surface area contributed by atoms with Crippen LogP contribution in [0.3, 0.4) is 0 Å². The van der Waals surface area contributed by atoms with E-state index < -0.39 is 0 Å². The van der Waals surface area contributed by atoms with E-state index in [-0.39, 0.29) is 6.10 Å². The number of anilines is 1. The van der Waals surface area contributed by atoms with Crippen LogP contribution in [-0.4, -0.2) is 12.6 Å². The average molecular weight is 174 g/mol. The summed E-state index contributed by atoms with van der Waals surface area (Å²) < 4.78 is 5.49. The van der Waals surface area contributed by atoms with Gasteiger partial charge in [0.05, 0.1) is 12.2 Å². The Kier molecular flexibility index (Phi) is 1.82. The second kappa shape index (κ2) is 2.98. The lowest BCUT2D eigenvalue weighted by Gasteiger charge is -2.24. The molecule has 1 aromatic carbocycles. The molecule has 1 heterocycles. The van der Waals surface area contributed by atoms with Crippen molar-refractivity contribution in [1.82, 2.24) is 0 Å². The minimum absolute atomic E-state index is 0.367. The zero-order valence-corrected chi connectivity index (χ0v) is 7.37. The number of nitrogens with one attached hydrogen (secondary N) is 1. The molecule has 1 N–H and O–H groups in total. The van der Waals surface area contributed by atoms with Crippen LogP contribution in [-0.2, 0) is 0 Å². The van der Waals surface area contributed by atoms with Gasteiger partial charge in [0.25, 0.3) is 0 Å². The van der Waals surface area contributed by atoms with Gasteiger partial charge in [0.1, 0.15) is 11.8 Å². The van der Waals surface area contributed by atoms with Crippen LogP contribution in [0.4, 0.5) is 5.69 Å². The van der Waals surface area contributed by atoms with Gasteiger partial charge in [-0.3, -0.25) is 0 Å². The number of nitriles is 1. The first-order valence-corrected chi connectivity index (χ1v) is 4.21. The molecule has 1 aromatic rings. The highest BCUT2D eigenvalue weighted by atomic mass is 16.5. The van der Waals surface area contributed by atoms with E-state index in [1.165, 1.54) is 0 Å². The lowest BCUT2D eigenvalue weighted by atomic mass is 10.1. The maximum Gasteiger partial charge on any atom is 0.201 e. The fourth-order valence-electron chi connectivity index (χ4n) is 1.41. The second-order valence-corrected chi connectivity index (χ2v) is 3.07. The fourth-order valence-corrected chi connectivity index (χ4v) is 1.41. The summed E-state index contributed by atoms with van der Waals surface area (Å²) in [5, 5.41) is 11.8. The Bertz CT molecular complexity index is 368. The molecule has 0 fully saturated rings. The molecule has 0 spiro atoms. The third kappa shape index (κ3) is 1.31. The van der Waals surface area contributed by atoms with Gasteiger partial charge in [0.2, 0.25) is 6.10 Å². The summed E-state index contributed by atoms with van der Waals surface area (Å²) in [6.07, 6.45) is -0.367. The van der Waals surface area contributed by atoms with E-state index in [2.05, 4.69) is 11.4 Å². The minimum atomic E-state index is -0.367. The zero-order valence-electron chi connectivity index (χ0n) is 7.37. The Morgan fingerprint density at radius 2 is 2.46 bits per heavy atom. The number of ether oxygens (including phenoxy) is 1. The number of fused-ring (bicyclic) bond motifs is 1. The van der Waals surface area contributed by atoms with Crippen LogP contribution >= 0.6 is 0 Å². The molecule has 13 heavy (non-hydrogen) atoms. The van der Waals surface area contributed by atoms with Crippen molar-refractivity contribution < 1.29 is 4.74 Å². The highest BCUT2D eigenvalue weighted by Crippen LogP contribution is 2.31. The van der Waals surface area contributed by atoms with Crippen LogP contribution in [0.2, 0.25) is 0 Å². The quantitative estimate of drug-likeness (QED) is 0.651. The number of nitrogens with zero attached hydrogens (tertiary/aromatic N) is 1. The number of hydrogen-bond donors (Lipinski definition) is 1. The van der Waals surface area contributed by atoms with Crippen LogP contribution in [0.5, 0.6) is 5.75 Å². The van der Waals surface area contributed by atoms with E-state index in [0.29, 0.717) is 6.54 Å². The van der Waals surface area contributed by atoms with E-state index in [1.807, 2.05) is 25.1 Å². The lowest BCUT2D eigenvalue weighted by Crippen LogP contribution is -2.29. The van der Waals surface area contributed by atoms with Crippen LogP contribution < -0.4 is 10.1 Å². The van der Waals surface area contributed by atoms with Gasteiger partial charge in [-0.25, -0.2) is 0 Å². The van der Waals surface area contributed by atoms with E-state index in [9.17, 15) is 0 Å². The molecule has 0 saturated heterocycles.